The summed E-state index contributed by atoms with van der Waals surface area (Å²) in [4.78, 5) is 23.0. The molecule has 0 saturated carbocycles. The van der Waals surface area contributed by atoms with Crippen molar-refractivity contribution in [3.8, 4) is 0 Å². The first-order valence-electron chi connectivity index (χ1n) is 6.10. The molecule has 1 rings (SSSR count). The highest BCUT2D eigenvalue weighted by Gasteiger charge is 2.21. The van der Waals surface area contributed by atoms with E-state index in [0.29, 0.717) is 12.0 Å². The van der Waals surface area contributed by atoms with E-state index in [0.717, 1.165) is 6.07 Å². The summed E-state index contributed by atoms with van der Waals surface area (Å²) in [5.74, 6) is -2.04. The number of carbonyl (C=O) groups is 2. The fourth-order valence-corrected chi connectivity index (χ4v) is 1.80. The molecule has 0 aliphatic carbocycles. The van der Waals surface area contributed by atoms with Gasteiger partial charge < -0.3 is 10.4 Å². The van der Waals surface area contributed by atoms with E-state index >= 15 is 0 Å². The van der Waals surface area contributed by atoms with Gasteiger partial charge in [0.25, 0.3) is 5.91 Å². The van der Waals surface area contributed by atoms with Gasteiger partial charge in [-0.2, -0.15) is 0 Å². The number of hydrogen-bond acceptors (Lipinski definition) is 2. The number of carbonyl (C=O) groups excluding carboxylic acids is 1. The molecule has 1 aromatic carbocycles. The standard InChI is InChI=1S/C14H18FNO3/c1-8(2)4-12(14(18)19)16-13(17)10-5-9(3)6-11(15)7-10/h5-8,12H,4H2,1-3H3,(H,16,17)(H,18,19)/t12-/m1/s1. The molecule has 2 N–H and O–H groups in total. The highest BCUT2D eigenvalue weighted by molar-refractivity contribution is 5.96. The van der Waals surface area contributed by atoms with Gasteiger partial charge in [-0.05, 0) is 43.0 Å². The number of carboxylic acids is 1. The lowest BCUT2D eigenvalue weighted by Gasteiger charge is -2.16. The molecule has 0 aliphatic heterocycles. The van der Waals surface area contributed by atoms with Crippen LogP contribution in [0.25, 0.3) is 0 Å². The van der Waals surface area contributed by atoms with Crippen LogP contribution in [0.15, 0.2) is 18.2 Å². The first-order chi connectivity index (χ1) is 8.79. The number of aryl methyl sites for hydroxylation is 1. The number of aliphatic carboxylic acids is 1. The molecule has 1 atom stereocenters. The molecule has 0 unspecified atom stereocenters. The fraction of sp³-hybridized carbons (Fsp3) is 0.429. The summed E-state index contributed by atoms with van der Waals surface area (Å²) in [6.07, 6.45) is 0.329. The number of carboxylic acid groups (broad SMARTS) is 1. The van der Waals surface area contributed by atoms with Crippen molar-refractivity contribution in [1.82, 2.24) is 5.32 Å². The molecule has 1 amide bonds. The molecule has 19 heavy (non-hydrogen) atoms. The Bertz CT molecular complexity index is 465. The van der Waals surface area contributed by atoms with Crippen LogP contribution in [0.3, 0.4) is 0 Å². The van der Waals surface area contributed by atoms with Gasteiger partial charge in [-0.15, -0.1) is 0 Å². The Hall–Kier alpha value is -1.91. The van der Waals surface area contributed by atoms with E-state index in [1.165, 1.54) is 12.1 Å². The zero-order valence-electron chi connectivity index (χ0n) is 11.2. The lowest BCUT2D eigenvalue weighted by molar-refractivity contribution is -0.139. The summed E-state index contributed by atoms with van der Waals surface area (Å²) < 4.78 is 13.2. The van der Waals surface area contributed by atoms with E-state index in [4.69, 9.17) is 5.11 Å². The van der Waals surface area contributed by atoms with E-state index in [-0.39, 0.29) is 11.5 Å². The summed E-state index contributed by atoms with van der Waals surface area (Å²) in [6.45, 7) is 5.41. The van der Waals surface area contributed by atoms with Gasteiger partial charge in [-0.3, -0.25) is 4.79 Å². The largest absolute Gasteiger partial charge is 0.480 e. The molecule has 0 radical (unpaired) electrons. The van der Waals surface area contributed by atoms with Crippen molar-refractivity contribution in [3.63, 3.8) is 0 Å². The van der Waals surface area contributed by atoms with Crippen LogP contribution in [0.2, 0.25) is 0 Å². The molecular weight excluding hydrogens is 249 g/mol. The van der Waals surface area contributed by atoms with E-state index < -0.39 is 23.7 Å². The minimum absolute atomic E-state index is 0.132. The SMILES string of the molecule is Cc1cc(F)cc(C(=O)N[C@H](CC(C)C)C(=O)O)c1. The first-order valence-corrected chi connectivity index (χ1v) is 6.10. The second-order valence-corrected chi connectivity index (χ2v) is 5.01. The maximum atomic E-state index is 13.2. The van der Waals surface area contributed by atoms with Gasteiger partial charge in [0.2, 0.25) is 0 Å². The van der Waals surface area contributed by atoms with Crippen LogP contribution < -0.4 is 5.32 Å². The van der Waals surface area contributed by atoms with E-state index in [2.05, 4.69) is 5.32 Å². The van der Waals surface area contributed by atoms with Crippen LogP contribution in [0, 0.1) is 18.7 Å². The summed E-state index contributed by atoms with van der Waals surface area (Å²) in [7, 11) is 0. The average Bonchev–Trinajstić information content (AvgIpc) is 2.25. The average molecular weight is 267 g/mol. The molecule has 104 valence electrons. The molecule has 0 aromatic heterocycles. The van der Waals surface area contributed by atoms with E-state index in [1.54, 1.807) is 6.92 Å². The van der Waals surface area contributed by atoms with Crippen molar-refractivity contribution < 1.29 is 19.1 Å². The Morgan fingerprint density at radius 1 is 1.32 bits per heavy atom. The maximum absolute atomic E-state index is 13.2. The summed E-state index contributed by atoms with van der Waals surface area (Å²) in [5, 5.41) is 11.5. The molecule has 1 aromatic rings. The van der Waals surface area contributed by atoms with Crippen molar-refractivity contribution in [2.45, 2.75) is 33.2 Å². The van der Waals surface area contributed by atoms with Crippen LogP contribution >= 0.6 is 0 Å². The van der Waals surface area contributed by atoms with Crippen LogP contribution in [0.4, 0.5) is 4.39 Å². The minimum Gasteiger partial charge on any atom is -0.480 e. The summed E-state index contributed by atoms with van der Waals surface area (Å²) >= 11 is 0. The topological polar surface area (TPSA) is 66.4 Å². The Morgan fingerprint density at radius 2 is 1.95 bits per heavy atom. The molecule has 0 heterocycles. The minimum atomic E-state index is -1.09. The van der Waals surface area contributed by atoms with Crippen molar-refractivity contribution >= 4 is 11.9 Å². The zero-order chi connectivity index (χ0) is 14.6. The number of rotatable bonds is 5. The maximum Gasteiger partial charge on any atom is 0.326 e. The van der Waals surface area contributed by atoms with Crippen molar-refractivity contribution in [1.29, 1.82) is 0 Å². The number of amides is 1. The van der Waals surface area contributed by atoms with E-state index in [1.807, 2.05) is 13.8 Å². The number of nitrogens with one attached hydrogen (secondary N) is 1. The molecule has 0 fully saturated rings. The third-order valence-electron chi connectivity index (χ3n) is 2.61. The van der Waals surface area contributed by atoms with E-state index in [9.17, 15) is 14.0 Å². The predicted octanol–water partition coefficient (Wildman–Crippen LogP) is 2.36. The van der Waals surface area contributed by atoms with Gasteiger partial charge in [0, 0.05) is 5.56 Å². The van der Waals surface area contributed by atoms with Gasteiger partial charge in [-0.1, -0.05) is 13.8 Å². The normalized spacial score (nSPS) is 12.3. The second kappa shape index (κ2) is 6.31. The molecule has 0 saturated heterocycles. The fourth-order valence-electron chi connectivity index (χ4n) is 1.80. The van der Waals surface area contributed by atoms with Gasteiger partial charge in [0.05, 0.1) is 0 Å². The van der Waals surface area contributed by atoms with Crippen molar-refractivity contribution in [2.75, 3.05) is 0 Å². The molecule has 0 aliphatic rings. The Balaban J connectivity index is 2.84. The third-order valence-corrected chi connectivity index (χ3v) is 2.61. The van der Waals surface area contributed by atoms with Crippen LogP contribution in [-0.4, -0.2) is 23.0 Å². The van der Waals surface area contributed by atoms with Gasteiger partial charge in [0.15, 0.2) is 0 Å². The highest BCUT2D eigenvalue weighted by atomic mass is 19.1. The van der Waals surface area contributed by atoms with Crippen LogP contribution in [0.5, 0.6) is 0 Å². The third kappa shape index (κ3) is 4.69. The molecule has 5 heteroatoms. The second-order valence-electron chi connectivity index (χ2n) is 5.01. The number of benzene rings is 1. The van der Waals surface area contributed by atoms with Gasteiger partial charge in [0.1, 0.15) is 11.9 Å². The van der Waals surface area contributed by atoms with Crippen molar-refractivity contribution in [2.24, 2.45) is 5.92 Å². The Morgan fingerprint density at radius 3 is 2.42 bits per heavy atom. The van der Waals surface area contributed by atoms with Gasteiger partial charge >= 0.3 is 5.97 Å². The van der Waals surface area contributed by atoms with Crippen LogP contribution in [-0.2, 0) is 4.79 Å². The monoisotopic (exact) mass is 267 g/mol. The molecule has 0 bridgehead atoms. The molecular formula is C14H18FNO3. The van der Waals surface area contributed by atoms with Crippen molar-refractivity contribution in [3.05, 3.63) is 35.1 Å². The lowest BCUT2D eigenvalue weighted by atomic mass is 10.0. The molecule has 0 spiro atoms. The zero-order valence-corrected chi connectivity index (χ0v) is 11.2. The Labute approximate surface area is 111 Å². The lowest BCUT2D eigenvalue weighted by Crippen LogP contribution is -2.41. The van der Waals surface area contributed by atoms with Crippen LogP contribution in [0.1, 0.15) is 36.2 Å². The Kier molecular flexibility index (Phi) is 5.03. The quantitative estimate of drug-likeness (QED) is 0.860. The molecule has 4 nitrogen and oxygen atoms in total. The number of hydrogen-bond donors (Lipinski definition) is 2. The predicted molar refractivity (Wildman–Crippen MR) is 69.5 cm³/mol. The summed E-state index contributed by atoms with van der Waals surface area (Å²) in [6, 6.07) is 2.96. The van der Waals surface area contributed by atoms with Gasteiger partial charge in [-0.25, -0.2) is 9.18 Å². The first kappa shape index (κ1) is 15.1. The summed E-state index contributed by atoms with van der Waals surface area (Å²) in [5.41, 5.74) is 0.744. The smallest absolute Gasteiger partial charge is 0.326 e. The number of halogens is 1. The highest BCUT2D eigenvalue weighted by Crippen LogP contribution is 2.10.